The largest absolute Gasteiger partial charge is 0.346 e. The number of rotatable bonds is 6. The van der Waals surface area contributed by atoms with Crippen molar-refractivity contribution in [3.05, 3.63) is 101 Å². The summed E-state index contributed by atoms with van der Waals surface area (Å²) in [5.74, 6) is -0.278. The van der Waals surface area contributed by atoms with Gasteiger partial charge in [0.15, 0.2) is 11.5 Å². The van der Waals surface area contributed by atoms with Crippen molar-refractivity contribution in [1.29, 1.82) is 0 Å². The van der Waals surface area contributed by atoms with Gasteiger partial charge in [-0.05, 0) is 35.9 Å². The van der Waals surface area contributed by atoms with Gasteiger partial charge in [0.25, 0.3) is 5.91 Å². The molecule has 0 fully saturated rings. The van der Waals surface area contributed by atoms with E-state index in [-0.39, 0.29) is 18.1 Å². The molecule has 2 heterocycles. The molecule has 2 aromatic heterocycles. The zero-order valence-electron chi connectivity index (χ0n) is 15.3. The second-order valence-electron chi connectivity index (χ2n) is 6.41. The van der Waals surface area contributed by atoms with E-state index in [1.807, 2.05) is 36.7 Å². The van der Waals surface area contributed by atoms with Crippen LogP contribution in [0.3, 0.4) is 0 Å². The Balaban J connectivity index is 1.61. The standard InChI is InChI=1S/C21H17ClFN5O/c22-17-9-7-15(8-10-17)14-28-21(27-11-3-4-12-27)19(25-26-28)20(29)24-13-16-5-1-2-6-18(16)23/h1-12H,13-14H2,(H,24,29). The summed E-state index contributed by atoms with van der Waals surface area (Å²) in [5.41, 5.74) is 1.52. The van der Waals surface area contributed by atoms with Crippen LogP contribution in [0.4, 0.5) is 4.39 Å². The summed E-state index contributed by atoms with van der Waals surface area (Å²) in [7, 11) is 0. The number of hydrogen-bond donors (Lipinski definition) is 1. The Morgan fingerprint density at radius 1 is 1.03 bits per heavy atom. The molecule has 1 amide bonds. The SMILES string of the molecule is O=C(NCc1ccccc1F)c1nnn(Cc2ccc(Cl)cc2)c1-n1cccc1. The highest BCUT2D eigenvalue weighted by atomic mass is 35.5. The van der Waals surface area contributed by atoms with Crippen molar-refractivity contribution in [2.45, 2.75) is 13.1 Å². The fraction of sp³-hybridized carbons (Fsp3) is 0.0952. The smallest absolute Gasteiger partial charge is 0.276 e. The van der Waals surface area contributed by atoms with E-state index < -0.39 is 5.91 Å². The zero-order valence-corrected chi connectivity index (χ0v) is 16.1. The van der Waals surface area contributed by atoms with Crippen LogP contribution in [0.1, 0.15) is 21.6 Å². The van der Waals surface area contributed by atoms with Gasteiger partial charge in [0.05, 0.1) is 6.54 Å². The molecule has 2 aromatic carbocycles. The third kappa shape index (κ3) is 4.20. The lowest BCUT2D eigenvalue weighted by molar-refractivity contribution is 0.0945. The van der Waals surface area contributed by atoms with E-state index in [0.29, 0.717) is 22.9 Å². The molecule has 0 saturated heterocycles. The zero-order chi connectivity index (χ0) is 20.2. The van der Waals surface area contributed by atoms with Gasteiger partial charge in [0.2, 0.25) is 0 Å². The number of halogens is 2. The first kappa shape index (κ1) is 18.9. The van der Waals surface area contributed by atoms with Gasteiger partial charge >= 0.3 is 0 Å². The van der Waals surface area contributed by atoms with Gasteiger partial charge in [0, 0.05) is 29.5 Å². The van der Waals surface area contributed by atoms with Crippen LogP contribution in [0.2, 0.25) is 5.02 Å². The predicted molar refractivity (Wildman–Crippen MR) is 107 cm³/mol. The molecule has 0 atom stereocenters. The molecule has 146 valence electrons. The normalized spacial score (nSPS) is 10.8. The molecule has 4 rings (SSSR count). The number of aromatic nitrogens is 4. The summed E-state index contributed by atoms with van der Waals surface area (Å²) < 4.78 is 17.2. The van der Waals surface area contributed by atoms with Crippen molar-refractivity contribution < 1.29 is 9.18 Å². The molecule has 29 heavy (non-hydrogen) atoms. The first-order valence-corrected chi connectivity index (χ1v) is 9.32. The van der Waals surface area contributed by atoms with Crippen LogP contribution in [0.25, 0.3) is 5.82 Å². The lowest BCUT2D eigenvalue weighted by Gasteiger charge is -2.10. The predicted octanol–water partition coefficient (Wildman–Crippen LogP) is 3.84. The molecule has 0 radical (unpaired) electrons. The summed E-state index contributed by atoms with van der Waals surface area (Å²) in [5, 5.41) is 11.6. The quantitative estimate of drug-likeness (QED) is 0.526. The molecule has 0 bridgehead atoms. The van der Waals surface area contributed by atoms with Gasteiger partial charge in [0.1, 0.15) is 5.82 Å². The monoisotopic (exact) mass is 409 g/mol. The fourth-order valence-electron chi connectivity index (χ4n) is 2.96. The average molecular weight is 410 g/mol. The number of benzene rings is 2. The van der Waals surface area contributed by atoms with Crippen LogP contribution in [0.15, 0.2) is 73.1 Å². The van der Waals surface area contributed by atoms with Crippen LogP contribution >= 0.6 is 11.6 Å². The van der Waals surface area contributed by atoms with E-state index in [0.717, 1.165) is 5.56 Å². The van der Waals surface area contributed by atoms with Gasteiger partial charge in [-0.15, -0.1) is 5.10 Å². The molecular formula is C21H17ClFN5O. The molecule has 4 aromatic rings. The number of carbonyl (C=O) groups is 1. The minimum Gasteiger partial charge on any atom is -0.346 e. The van der Waals surface area contributed by atoms with Crippen LogP contribution in [0, 0.1) is 5.82 Å². The number of nitrogens with zero attached hydrogens (tertiary/aromatic N) is 4. The number of carbonyl (C=O) groups excluding carboxylic acids is 1. The molecule has 0 unspecified atom stereocenters. The van der Waals surface area contributed by atoms with E-state index >= 15 is 0 Å². The summed E-state index contributed by atoms with van der Waals surface area (Å²) in [6, 6.07) is 17.4. The number of amides is 1. The second-order valence-corrected chi connectivity index (χ2v) is 6.85. The molecule has 0 aliphatic rings. The minimum absolute atomic E-state index is 0.0562. The van der Waals surface area contributed by atoms with Crippen LogP contribution in [-0.2, 0) is 13.1 Å². The molecule has 0 aliphatic heterocycles. The summed E-state index contributed by atoms with van der Waals surface area (Å²) in [4.78, 5) is 12.8. The van der Waals surface area contributed by atoms with Crippen molar-refractivity contribution >= 4 is 17.5 Å². The number of nitrogens with one attached hydrogen (secondary N) is 1. The molecule has 0 spiro atoms. The van der Waals surface area contributed by atoms with E-state index in [4.69, 9.17) is 11.6 Å². The van der Waals surface area contributed by atoms with Crippen LogP contribution < -0.4 is 5.32 Å². The van der Waals surface area contributed by atoms with E-state index in [2.05, 4.69) is 15.6 Å². The van der Waals surface area contributed by atoms with Gasteiger partial charge in [-0.2, -0.15) is 0 Å². The Bertz CT molecular complexity index is 1120. The molecule has 0 aliphatic carbocycles. The van der Waals surface area contributed by atoms with Gasteiger partial charge < -0.3 is 9.88 Å². The van der Waals surface area contributed by atoms with Gasteiger partial charge in [-0.25, -0.2) is 9.07 Å². The van der Waals surface area contributed by atoms with E-state index in [1.165, 1.54) is 6.07 Å². The molecule has 8 heteroatoms. The summed E-state index contributed by atoms with van der Waals surface area (Å²) >= 11 is 5.95. The minimum atomic E-state index is -0.431. The van der Waals surface area contributed by atoms with E-state index in [9.17, 15) is 9.18 Å². The van der Waals surface area contributed by atoms with Crippen molar-refractivity contribution in [2.24, 2.45) is 0 Å². The Labute approximate surface area is 171 Å². The van der Waals surface area contributed by atoms with Gasteiger partial charge in [-0.1, -0.05) is 47.1 Å². The second kappa shape index (κ2) is 8.28. The van der Waals surface area contributed by atoms with Crippen molar-refractivity contribution in [3.63, 3.8) is 0 Å². The Kier molecular flexibility index (Phi) is 5.39. The Morgan fingerprint density at radius 3 is 2.48 bits per heavy atom. The van der Waals surface area contributed by atoms with Crippen molar-refractivity contribution in [2.75, 3.05) is 0 Å². The highest BCUT2D eigenvalue weighted by molar-refractivity contribution is 6.30. The molecule has 1 N–H and O–H groups in total. The lowest BCUT2D eigenvalue weighted by Crippen LogP contribution is -2.25. The summed E-state index contributed by atoms with van der Waals surface area (Å²) in [6.07, 6.45) is 3.62. The maximum Gasteiger partial charge on any atom is 0.276 e. The molecule has 0 saturated carbocycles. The van der Waals surface area contributed by atoms with Crippen molar-refractivity contribution in [1.82, 2.24) is 24.9 Å². The van der Waals surface area contributed by atoms with E-state index in [1.54, 1.807) is 39.6 Å². The third-order valence-corrected chi connectivity index (χ3v) is 4.67. The lowest BCUT2D eigenvalue weighted by atomic mass is 10.2. The van der Waals surface area contributed by atoms with Crippen molar-refractivity contribution in [3.8, 4) is 5.82 Å². The Morgan fingerprint density at radius 2 is 1.76 bits per heavy atom. The molecular weight excluding hydrogens is 393 g/mol. The Hall–Kier alpha value is -3.45. The first-order valence-electron chi connectivity index (χ1n) is 8.94. The topological polar surface area (TPSA) is 64.7 Å². The average Bonchev–Trinajstić information content (AvgIpc) is 3.38. The maximum absolute atomic E-state index is 13.8. The third-order valence-electron chi connectivity index (χ3n) is 4.42. The van der Waals surface area contributed by atoms with Gasteiger partial charge in [-0.3, -0.25) is 4.79 Å². The first-order chi connectivity index (χ1) is 14.1. The number of hydrogen-bond acceptors (Lipinski definition) is 3. The highest BCUT2D eigenvalue weighted by Crippen LogP contribution is 2.17. The van der Waals surface area contributed by atoms with Crippen LogP contribution in [0.5, 0.6) is 0 Å². The molecule has 6 nitrogen and oxygen atoms in total. The van der Waals surface area contributed by atoms with Crippen LogP contribution in [-0.4, -0.2) is 25.5 Å². The maximum atomic E-state index is 13.8. The fourth-order valence-corrected chi connectivity index (χ4v) is 3.08. The highest BCUT2D eigenvalue weighted by Gasteiger charge is 2.21. The summed E-state index contributed by atoms with van der Waals surface area (Å²) in [6.45, 7) is 0.471.